The summed E-state index contributed by atoms with van der Waals surface area (Å²) in [5.41, 5.74) is -0.343. The molecule has 0 fully saturated rings. The lowest BCUT2D eigenvalue weighted by molar-refractivity contribution is 0.0683. The molecule has 9 heteroatoms. The van der Waals surface area contributed by atoms with E-state index >= 15 is 0 Å². The van der Waals surface area contributed by atoms with Crippen LogP contribution in [0.5, 0.6) is 17.2 Å². The first-order valence-corrected chi connectivity index (χ1v) is 20.0. The average Bonchev–Trinajstić information content (AvgIpc) is 3.03. The largest absolute Gasteiger partial charge is 0.496 e. The van der Waals surface area contributed by atoms with Gasteiger partial charge in [0.1, 0.15) is 17.2 Å². The van der Waals surface area contributed by atoms with E-state index in [1.54, 1.807) is 18.2 Å². The maximum absolute atomic E-state index is 14.1. The minimum absolute atomic E-state index is 0.0779. The smallest absolute Gasteiger partial charge is 0.336 e. The molecule has 0 aliphatic carbocycles. The summed E-state index contributed by atoms with van der Waals surface area (Å²) in [6.07, 6.45) is 0. The Labute approximate surface area is 347 Å². The van der Waals surface area contributed by atoms with Crippen molar-refractivity contribution in [2.45, 2.75) is 163 Å². The summed E-state index contributed by atoms with van der Waals surface area (Å²) in [5, 5.41) is 34.5. The Hall–Kier alpha value is -4.53. The quantitative estimate of drug-likeness (QED) is 0.180. The zero-order valence-corrected chi connectivity index (χ0v) is 39.1. The third-order valence-corrected chi connectivity index (χ3v) is 10.8. The van der Waals surface area contributed by atoms with Gasteiger partial charge in [-0.1, -0.05) is 125 Å². The monoisotopic (exact) mass is 803 g/mol. The van der Waals surface area contributed by atoms with Crippen LogP contribution in [-0.2, 0) is 32.5 Å². The van der Waals surface area contributed by atoms with Crippen molar-refractivity contribution in [2.75, 3.05) is 21.3 Å². The molecule has 0 unspecified atom stereocenters. The third-order valence-electron chi connectivity index (χ3n) is 10.8. The van der Waals surface area contributed by atoms with E-state index in [2.05, 4.69) is 0 Å². The molecule has 0 aromatic heterocycles. The van der Waals surface area contributed by atoms with Crippen LogP contribution in [0.4, 0.5) is 0 Å². The Bertz CT molecular complexity index is 1870. The summed E-state index contributed by atoms with van der Waals surface area (Å²) in [6.45, 7) is 35.3. The number of carboxylic acids is 3. The number of methoxy groups -OCH3 is 3. The van der Waals surface area contributed by atoms with Gasteiger partial charge in [-0.15, -0.1) is 0 Å². The zero-order chi connectivity index (χ0) is 45.2. The van der Waals surface area contributed by atoms with Crippen molar-refractivity contribution in [3.8, 4) is 17.2 Å². The van der Waals surface area contributed by atoms with Crippen molar-refractivity contribution in [2.24, 2.45) is 0 Å². The minimum atomic E-state index is -1.25. The molecule has 3 N–H and O–H groups in total. The molecule has 0 saturated heterocycles. The summed E-state index contributed by atoms with van der Waals surface area (Å²) in [4.78, 5) is 42.3. The highest BCUT2D eigenvalue weighted by Gasteiger charge is 2.44. The van der Waals surface area contributed by atoms with Gasteiger partial charge in [0.15, 0.2) is 0 Å². The lowest BCUT2D eigenvalue weighted by Crippen LogP contribution is -2.30. The van der Waals surface area contributed by atoms with E-state index in [1.807, 2.05) is 125 Å². The molecule has 320 valence electrons. The van der Waals surface area contributed by atoms with Gasteiger partial charge in [-0.25, -0.2) is 14.4 Å². The topological polar surface area (TPSA) is 140 Å². The van der Waals surface area contributed by atoms with E-state index in [-0.39, 0.29) is 33.4 Å². The SMILES string of the molecule is COc1c(C(C)(C)C)cc(C(c2cc(C(C)(C)C)c(OC)c(C(C)(C)C)c2C(=O)O)c2cc(C(C)(C)C)c(OC)c(C(C)(C)C)c2C(=O)O)c(C(=O)O)c1C(C)(C)C. The molecule has 3 rings (SSSR count). The molecule has 0 amide bonds. The average molecular weight is 803 g/mol. The van der Waals surface area contributed by atoms with Crippen LogP contribution in [0.1, 0.15) is 212 Å². The Kier molecular flexibility index (Phi) is 12.8. The Morgan fingerprint density at radius 3 is 0.707 bits per heavy atom. The van der Waals surface area contributed by atoms with Crippen LogP contribution >= 0.6 is 0 Å². The Morgan fingerprint density at radius 1 is 0.397 bits per heavy atom. The first-order valence-electron chi connectivity index (χ1n) is 20.0. The normalized spacial score (nSPS) is 13.1. The van der Waals surface area contributed by atoms with Crippen molar-refractivity contribution in [3.05, 3.63) is 85.0 Å². The van der Waals surface area contributed by atoms with Gasteiger partial charge < -0.3 is 29.5 Å². The van der Waals surface area contributed by atoms with Crippen molar-refractivity contribution in [1.29, 1.82) is 0 Å². The number of aromatic carboxylic acids is 3. The Morgan fingerprint density at radius 2 is 0.586 bits per heavy atom. The van der Waals surface area contributed by atoms with Gasteiger partial charge in [-0.05, 0) is 67.4 Å². The second kappa shape index (κ2) is 15.6. The molecule has 0 aliphatic rings. The van der Waals surface area contributed by atoms with Crippen LogP contribution in [0.15, 0.2) is 18.2 Å². The lowest BCUT2D eigenvalue weighted by Gasteiger charge is -2.38. The molecular formula is C49H70O9. The predicted octanol–water partition coefficient (Wildman–Crippen LogP) is 11.8. The number of carboxylic acid groups (broad SMARTS) is 3. The van der Waals surface area contributed by atoms with Crippen molar-refractivity contribution >= 4 is 17.9 Å². The highest BCUT2D eigenvalue weighted by atomic mass is 16.5. The number of rotatable bonds is 9. The second-order valence-electron chi connectivity index (χ2n) is 21.7. The molecule has 0 aliphatic heterocycles. The molecule has 3 aromatic carbocycles. The van der Waals surface area contributed by atoms with Gasteiger partial charge in [0.05, 0.1) is 38.0 Å². The molecule has 0 spiro atoms. The first-order chi connectivity index (χ1) is 26.0. The molecule has 3 aromatic rings. The van der Waals surface area contributed by atoms with E-state index in [4.69, 9.17) is 14.2 Å². The summed E-state index contributed by atoms with van der Waals surface area (Å²) >= 11 is 0. The van der Waals surface area contributed by atoms with E-state index in [9.17, 15) is 29.7 Å². The van der Waals surface area contributed by atoms with Crippen LogP contribution in [0.2, 0.25) is 0 Å². The second-order valence-corrected chi connectivity index (χ2v) is 21.7. The number of hydrogen-bond acceptors (Lipinski definition) is 6. The van der Waals surface area contributed by atoms with Crippen LogP contribution in [-0.4, -0.2) is 54.6 Å². The van der Waals surface area contributed by atoms with Crippen molar-refractivity contribution in [3.63, 3.8) is 0 Å². The molecular weight excluding hydrogens is 733 g/mol. The zero-order valence-electron chi connectivity index (χ0n) is 39.1. The summed E-state index contributed by atoms with van der Waals surface area (Å²) in [5.74, 6) is -3.76. The van der Waals surface area contributed by atoms with Crippen molar-refractivity contribution < 1.29 is 43.9 Å². The molecule has 0 saturated carbocycles. The summed E-state index contributed by atoms with van der Waals surface area (Å²) in [6, 6.07) is 5.40. The molecule has 0 bridgehead atoms. The maximum atomic E-state index is 14.1. The van der Waals surface area contributed by atoms with E-state index < -0.39 is 56.3 Å². The highest BCUT2D eigenvalue weighted by molar-refractivity contribution is 5.99. The molecule has 0 radical (unpaired) electrons. The molecule has 9 nitrogen and oxygen atoms in total. The van der Waals surface area contributed by atoms with Gasteiger partial charge >= 0.3 is 17.9 Å². The summed E-state index contributed by atoms with van der Waals surface area (Å²) in [7, 11) is 4.57. The van der Waals surface area contributed by atoms with E-state index in [1.165, 1.54) is 21.3 Å². The minimum Gasteiger partial charge on any atom is -0.496 e. The van der Waals surface area contributed by atoms with E-state index in [0.29, 0.717) is 50.6 Å². The first kappa shape index (κ1) is 47.8. The van der Waals surface area contributed by atoms with Crippen LogP contribution in [0, 0.1) is 0 Å². The standard InChI is InChI=1S/C49H70O9/c1-44(2,3)28-22-25(32(41(50)51)35(38(28)56-19)47(10,11)12)31(26-23-29(45(4,5)6)39(57-20)36(48(13,14)15)33(26)42(52)53)27-24-30(46(7,8)9)40(58-21)37(49(16,17)18)34(27)43(54)55/h22-24,31H,1-21H3,(H,50,51)(H,52,53)(H,54,55). The van der Waals surface area contributed by atoms with Crippen LogP contribution < -0.4 is 14.2 Å². The highest BCUT2D eigenvalue weighted by Crippen LogP contribution is 2.54. The van der Waals surface area contributed by atoms with Gasteiger partial charge in [0.2, 0.25) is 0 Å². The van der Waals surface area contributed by atoms with Crippen LogP contribution in [0.25, 0.3) is 0 Å². The van der Waals surface area contributed by atoms with Gasteiger partial charge in [0.25, 0.3) is 0 Å². The number of hydrogen-bond donors (Lipinski definition) is 3. The fraction of sp³-hybridized carbons (Fsp3) is 0.571. The predicted molar refractivity (Wildman–Crippen MR) is 233 cm³/mol. The van der Waals surface area contributed by atoms with Gasteiger partial charge in [-0.2, -0.15) is 0 Å². The molecule has 0 heterocycles. The fourth-order valence-corrected chi connectivity index (χ4v) is 8.39. The van der Waals surface area contributed by atoms with Crippen molar-refractivity contribution in [1.82, 2.24) is 0 Å². The Balaban J connectivity index is 3.21. The number of benzene rings is 3. The molecule has 0 atom stereocenters. The third kappa shape index (κ3) is 8.89. The maximum Gasteiger partial charge on any atom is 0.336 e. The number of ether oxygens (including phenoxy) is 3. The van der Waals surface area contributed by atoms with Gasteiger partial charge in [0, 0.05) is 39.3 Å². The lowest BCUT2D eigenvalue weighted by atomic mass is 9.66. The van der Waals surface area contributed by atoms with Gasteiger partial charge in [-0.3, -0.25) is 0 Å². The van der Waals surface area contributed by atoms with E-state index in [0.717, 1.165) is 0 Å². The molecule has 58 heavy (non-hydrogen) atoms. The fourth-order valence-electron chi connectivity index (χ4n) is 8.39. The summed E-state index contributed by atoms with van der Waals surface area (Å²) < 4.78 is 18.4. The number of carbonyl (C=O) groups is 3. The van der Waals surface area contributed by atoms with Crippen LogP contribution in [0.3, 0.4) is 0 Å².